The standard InChI is InChI=1S/C27H21N3O7S2/c31-21-11-9-18(10-12-21)17-24(27(32)33)30(38(34,35)25-22-7-3-1-5-19(22)13-15-28-25)39(36,37)26-23-8-4-2-6-20(23)14-16-29-26/h1-16,24,31H,17H2,(H,32,33)/t24-/m0/s1. The molecule has 0 bridgehead atoms. The molecule has 0 aliphatic carbocycles. The van der Waals surface area contributed by atoms with E-state index >= 15 is 0 Å². The van der Waals surface area contributed by atoms with Gasteiger partial charge in [-0.3, -0.25) is 4.79 Å². The second-order valence-electron chi connectivity index (χ2n) is 8.63. The number of hydrogen-bond acceptors (Lipinski definition) is 8. The first-order valence-electron chi connectivity index (χ1n) is 11.6. The van der Waals surface area contributed by atoms with E-state index in [-0.39, 0.29) is 25.8 Å². The van der Waals surface area contributed by atoms with Crippen LogP contribution in [0.25, 0.3) is 21.5 Å². The van der Waals surface area contributed by atoms with Crippen molar-refractivity contribution >= 4 is 47.6 Å². The van der Waals surface area contributed by atoms with Crippen LogP contribution >= 0.6 is 0 Å². The molecule has 198 valence electrons. The maximum absolute atomic E-state index is 14.2. The second kappa shape index (κ2) is 10.1. The maximum Gasteiger partial charge on any atom is 0.323 e. The normalized spacial score (nSPS) is 13.1. The number of aliphatic carboxylic acids is 1. The van der Waals surface area contributed by atoms with Crippen LogP contribution in [0.1, 0.15) is 5.56 Å². The highest BCUT2D eigenvalue weighted by Gasteiger charge is 2.47. The van der Waals surface area contributed by atoms with Crippen molar-refractivity contribution in [2.45, 2.75) is 22.5 Å². The van der Waals surface area contributed by atoms with Gasteiger partial charge in [0.2, 0.25) is 0 Å². The summed E-state index contributed by atoms with van der Waals surface area (Å²) in [6.45, 7) is 0. The number of carbonyl (C=O) groups is 1. The van der Waals surface area contributed by atoms with Gasteiger partial charge in [-0.05, 0) is 40.6 Å². The van der Waals surface area contributed by atoms with E-state index in [0.29, 0.717) is 10.8 Å². The first kappa shape index (κ1) is 26.2. The van der Waals surface area contributed by atoms with Gasteiger partial charge in [0.25, 0.3) is 20.0 Å². The number of sulfonamides is 2. The van der Waals surface area contributed by atoms with E-state index in [1.54, 1.807) is 48.5 Å². The molecule has 5 rings (SSSR count). The molecule has 2 N–H and O–H groups in total. The molecule has 2 aromatic heterocycles. The minimum atomic E-state index is -5.11. The molecule has 12 heteroatoms. The van der Waals surface area contributed by atoms with E-state index in [2.05, 4.69) is 9.97 Å². The zero-order chi connectivity index (χ0) is 27.8. The molecule has 0 spiro atoms. The fraction of sp³-hybridized carbons (Fsp3) is 0.0741. The zero-order valence-corrected chi connectivity index (χ0v) is 21.7. The molecular weight excluding hydrogens is 542 g/mol. The molecular formula is C27H21N3O7S2. The number of rotatable bonds is 8. The molecule has 0 aliphatic heterocycles. The number of aromatic hydroxyl groups is 1. The number of benzene rings is 3. The average molecular weight is 564 g/mol. The van der Waals surface area contributed by atoms with Crippen LogP contribution in [0.15, 0.2) is 107 Å². The Morgan fingerprint density at radius 1 is 0.718 bits per heavy atom. The van der Waals surface area contributed by atoms with Crippen molar-refractivity contribution in [1.82, 2.24) is 13.7 Å². The number of carboxylic acids is 1. The molecule has 0 aliphatic rings. The molecule has 0 saturated heterocycles. The van der Waals surface area contributed by atoms with Gasteiger partial charge in [-0.25, -0.2) is 26.8 Å². The van der Waals surface area contributed by atoms with Gasteiger partial charge in [0, 0.05) is 29.6 Å². The van der Waals surface area contributed by atoms with Gasteiger partial charge < -0.3 is 10.2 Å². The van der Waals surface area contributed by atoms with Crippen LogP contribution in [-0.4, -0.2) is 52.7 Å². The zero-order valence-electron chi connectivity index (χ0n) is 20.1. The van der Waals surface area contributed by atoms with Crippen LogP contribution in [0.2, 0.25) is 0 Å². The summed E-state index contributed by atoms with van der Waals surface area (Å²) in [7, 11) is -10.2. The maximum atomic E-state index is 14.2. The fourth-order valence-electron chi connectivity index (χ4n) is 4.34. The highest BCUT2D eigenvalue weighted by atomic mass is 32.3. The molecule has 5 aromatic rings. The van der Waals surface area contributed by atoms with Gasteiger partial charge in [0.15, 0.2) is 10.1 Å². The third-order valence-electron chi connectivity index (χ3n) is 6.14. The minimum absolute atomic E-state index is 0.00125. The van der Waals surface area contributed by atoms with E-state index in [4.69, 9.17) is 0 Å². The Hall–Kier alpha value is -4.39. The van der Waals surface area contributed by atoms with Gasteiger partial charge >= 0.3 is 5.97 Å². The van der Waals surface area contributed by atoms with Crippen molar-refractivity contribution < 1.29 is 31.8 Å². The summed E-state index contributed by atoms with van der Waals surface area (Å²) >= 11 is 0. The van der Waals surface area contributed by atoms with Crippen LogP contribution in [0, 0.1) is 0 Å². The summed E-state index contributed by atoms with van der Waals surface area (Å²) in [6.07, 6.45) is 1.90. The monoisotopic (exact) mass is 563 g/mol. The lowest BCUT2D eigenvalue weighted by Crippen LogP contribution is -2.50. The fourth-order valence-corrected chi connectivity index (χ4v) is 8.45. The van der Waals surface area contributed by atoms with Crippen molar-refractivity contribution in [3.63, 3.8) is 0 Å². The van der Waals surface area contributed by atoms with Gasteiger partial charge in [0.1, 0.15) is 11.8 Å². The van der Waals surface area contributed by atoms with E-state index in [1.165, 1.54) is 48.8 Å². The summed E-state index contributed by atoms with van der Waals surface area (Å²) in [6, 6.07) is 19.1. The minimum Gasteiger partial charge on any atom is -0.508 e. The SMILES string of the molecule is O=C(O)[C@H](Cc1ccc(O)cc1)N(S(=O)(=O)c1nccc2ccccc12)S(=O)(=O)c1nccc2ccccc12. The van der Waals surface area contributed by atoms with Gasteiger partial charge in [-0.2, -0.15) is 0 Å². The highest BCUT2D eigenvalue weighted by molar-refractivity contribution is 8.04. The topological polar surface area (TPSA) is 155 Å². The highest BCUT2D eigenvalue weighted by Crippen LogP contribution is 2.33. The molecule has 2 heterocycles. The molecule has 0 amide bonds. The average Bonchev–Trinajstić information content (AvgIpc) is 2.92. The quantitative estimate of drug-likeness (QED) is 0.288. The summed E-state index contributed by atoms with van der Waals surface area (Å²) in [5, 5.41) is 19.8. The van der Waals surface area contributed by atoms with Crippen molar-refractivity contribution in [2.75, 3.05) is 0 Å². The summed E-state index contributed by atoms with van der Waals surface area (Å²) in [5.41, 5.74) is 0.285. The molecule has 10 nitrogen and oxygen atoms in total. The van der Waals surface area contributed by atoms with Crippen molar-refractivity contribution in [3.05, 3.63) is 103 Å². The van der Waals surface area contributed by atoms with E-state index in [0.717, 1.165) is 0 Å². The Bertz CT molecular complexity index is 1810. The van der Waals surface area contributed by atoms with E-state index < -0.39 is 48.5 Å². The summed E-state index contributed by atoms with van der Waals surface area (Å²) in [4.78, 5) is 20.6. The number of pyridine rings is 2. The second-order valence-corrected chi connectivity index (χ2v) is 12.3. The predicted molar refractivity (Wildman–Crippen MR) is 143 cm³/mol. The Labute approximate surface area is 223 Å². The molecule has 1 atom stereocenters. The lowest BCUT2D eigenvalue weighted by molar-refractivity contribution is -0.140. The van der Waals surface area contributed by atoms with Gasteiger partial charge in [0.05, 0.1) is 0 Å². The van der Waals surface area contributed by atoms with Crippen molar-refractivity contribution in [1.29, 1.82) is 0 Å². The lowest BCUT2D eigenvalue weighted by atomic mass is 10.1. The third kappa shape index (κ3) is 4.80. The van der Waals surface area contributed by atoms with Gasteiger partial charge in [-0.15, -0.1) is 0 Å². The first-order chi connectivity index (χ1) is 18.6. The third-order valence-corrected chi connectivity index (χ3v) is 10.4. The van der Waals surface area contributed by atoms with Gasteiger partial charge in [-0.1, -0.05) is 64.4 Å². The van der Waals surface area contributed by atoms with Crippen LogP contribution in [0.5, 0.6) is 5.75 Å². The Morgan fingerprint density at radius 2 is 1.18 bits per heavy atom. The predicted octanol–water partition coefficient (Wildman–Crippen LogP) is 3.56. The lowest BCUT2D eigenvalue weighted by Gasteiger charge is -2.27. The molecule has 0 fully saturated rings. The number of fused-ring (bicyclic) bond motifs is 2. The molecule has 39 heavy (non-hydrogen) atoms. The number of phenols is 1. The smallest absolute Gasteiger partial charge is 0.323 e. The first-order valence-corrected chi connectivity index (χ1v) is 14.5. The van der Waals surface area contributed by atoms with Crippen LogP contribution in [0.4, 0.5) is 0 Å². The Kier molecular flexibility index (Phi) is 6.76. The van der Waals surface area contributed by atoms with E-state index in [9.17, 15) is 31.8 Å². The van der Waals surface area contributed by atoms with Crippen LogP contribution in [0.3, 0.4) is 0 Å². The number of nitrogens with zero attached hydrogens (tertiary/aromatic N) is 3. The molecule has 0 saturated carbocycles. The van der Waals surface area contributed by atoms with E-state index in [1.807, 2.05) is 0 Å². The largest absolute Gasteiger partial charge is 0.508 e. The number of hydrogen-bond donors (Lipinski definition) is 2. The molecule has 0 radical (unpaired) electrons. The number of aromatic nitrogens is 2. The summed E-state index contributed by atoms with van der Waals surface area (Å²) < 4.78 is 57.0. The van der Waals surface area contributed by atoms with Crippen molar-refractivity contribution in [3.8, 4) is 5.75 Å². The molecule has 0 unspecified atom stereocenters. The van der Waals surface area contributed by atoms with Crippen LogP contribution in [-0.2, 0) is 31.3 Å². The van der Waals surface area contributed by atoms with Crippen LogP contribution < -0.4 is 0 Å². The molecule has 3 aromatic carbocycles. The Balaban J connectivity index is 1.79. The number of carboxylic acid groups (broad SMARTS) is 1. The summed E-state index contributed by atoms with van der Waals surface area (Å²) in [5.74, 6) is -1.79. The van der Waals surface area contributed by atoms with Crippen molar-refractivity contribution in [2.24, 2.45) is 0 Å². The Morgan fingerprint density at radius 3 is 1.64 bits per heavy atom. The number of phenolic OH excluding ortho intramolecular Hbond substituents is 1.